The molecule has 0 fully saturated rings. The molecule has 0 unspecified atom stereocenters. The standard InChI is InChI=1S/C40H76N6O6/c1-9-10-11-12-13-14-15-16-17-18-19-20-21-25-35(47)42-28-26-38(50)45(7)29-37(49)44-34(24-22-23-27-41-32(4)5)40(52)46(8)30-36(48)43-33(6)39(51)31(2)3/h31-34,41H,9-30H2,1-8H3,(H,42,47)(H,43,48)(H,44,49)/t33-,34-/m0/s1. The van der Waals surface area contributed by atoms with Crippen LogP contribution in [0, 0.1) is 5.92 Å². The van der Waals surface area contributed by atoms with E-state index in [9.17, 15) is 28.8 Å². The molecule has 0 aromatic rings. The highest BCUT2D eigenvalue weighted by Crippen LogP contribution is 2.13. The van der Waals surface area contributed by atoms with Gasteiger partial charge in [-0.1, -0.05) is 112 Å². The molecule has 0 rings (SSSR count). The Hall–Kier alpha value is -3.02. The van der Waals surface area contributed by atoms with Crippen LogP contribution in [0.4, 0.5) is 0 Å². The van der Waals surface area contributed by atoms with Crippen LogP contribution in [-0.2, 0) is 28.8 Å². The maximum atomic E-state index is 13.4. The van der Waals surface area contributed by atoms with E-state index >= 15 is 0 Å². The van der Waals surface area contributed by atoms with Crippen LogP contribution in [0.5, 0.6) is 0 Å². The highest BCUT2D eigenvalue weighted by atomic mass is 16.2. The van der Waals surface area contributed by atoms with Gasteiger partial charge < -0.3 is 31.1 Å². The van der Waals surface area contributed by atoms with E-state index in [-0.39, 0.29) is 49.6 Å². The monoisotopic (exact) mass is 737 g/mol. The molecule has 0 aliphatic rings. The number of nitrogens with zero attached hydrogens (tertiary/aromatic N) is 2. The Morgan fingerprint density at radius 2 is 1.08 bits per heavy atom. The van der Waals surface area contributed by atoms with Gasteiger partial charge >= 0.3 is 0 Å². The molecule has 0 spiro atoms. The first-order valence-electron chi connectivity index (χ1n) is 20.3. The van der Waals surface area contributed by atoms with Crippen LogP contribution in [0.2, 0.25) is 0 Å². The molecular weight excluding hydrogens is 660 g/mol. The second-order valence-electron chi connectivity index (χ2n) is 15.1. The van der Waals surface area contributed by atoms with E-state index in [1.807, 2.05) is 0 Å². The second-order valence-corrected chi connectivity index (χ2v) is 15.1. The van der Waals surface area contributed by atoms with Crippen molar-refractivity contribution in [2.24, 2.45) is 5.92 Å². The van der Waals surface area contributed by atoms with Crippen molar-refractivity contribution in [3.05, 3.63) is 0 Å². The molecule has 0 aliphatic heterocycles. The van der Waals surface area contributed by atoms with Crippen molar-refractivity contribution in [3.8, 4) is 0 Å². The molecule has 0 aliphatic carbocycles. The molecule has 5 amide bonds. The molecule has 0 saturated carbocycles. The van der Waals surface area contributed by atoms with Crippen molar-refractivity contribution in [1.29, 1.82) is 0 Å². The number of likely N-dealkylation sites (N-methyl/N-ethyl adjacent to an activating group) is 2. The minimum atomic E-state index is -0.882. The van der Waals surface area contributed by atoms with E-state index < -0.39 is 29.8 Å². The van der Waals surface area contributed by atoms with Gasteiger partial charge in [-0.2, -0.15) is 0 Å². The number of hydrogen-bond acceptors (Lipinski definition) is 7. The Morgan fingerprint density at radius 1 is 0.558 bits per heavy atom. The lowest BCUT2D eigenvalue weighted by atomic mass is 10.0. The summed E-state index contributed by atoms with van der Waals surface area (Å²) in [6, 6.07) is -1.23. The van der Waals surface area contributed by atoms with Gasteiger partial charge in [0, 0.05) is 45.4 Å². The maximum Gasteiger partial charge on any atom is 0.245 e. The van der Waals surface area contributed by atoms with E-state index in [0.717, 1.165) is 32.2 Å². The second kappa shape index (κ2) is 30.4. The number of carbonyl (C=O) groups is 6. The van der Waals surface area contributed by atoms with Gasteiger partial charge in [0.1, 0.15) is 6.04 Å². The predicted octanol–water partition coefficient (Wildman–Crippen LogP) is 5.27. The van der Waals surface area contributed by atoms with Gasteiger partial charge in [0.05, 0.1) is 19.1 Å². The molecule has 12 nitrogen and oxygen atoms in total. The zero-order chi connectivity index (χ0) is 39.3. The molecule has 12 heteroatoms. The summed E-state index contributed by atoms with van der Waals surface area (Å²) in [5.74, 6) is -2.09. The summed E-state index contributed by atoms with van der Waals surface area (Å²) >= 11 is 0. The van der Waals surface area contributed by atoms with E-state index in [2.05, 4.69) is 42.0 Å². The quantitative estimate of drug-likeness (QED) is 0.0686. The Kier molecular flexibility index (Phi) is 28.7. The summed E-state index contributed by atoms with van der Waals surface area (Å²) in [6.07, 6.45) is 18.5. The molecule has 0 saturated heterocycles. The van der Waals surface area contributed by atoms with Gasteiger partial charge in [-0.05, 0) is 39.2 Å². The normalized spacial score (nSPS) is 12.3. The largest absolute Gasteiger partial charge is 0.356 e. The molecule has 2 atom stereocenters. The minimum Gasteiger partial charge on any atom is -0.356 e. The highest BCUT2D eigenvalue weighted by molar-refractivity contribution is 5.94. The zero-order valence-corrected chi connectivity index (χ0v) is 34.2. The number of rotatable bonds is 32. The highest BCUT2D eigenvalue weighted by Gasteiger charge is 2.27. The lowest BCUT2D eigenvalue weighted by Gasteiger charge is -2.26. The van der Waals surface area contributed by atoms with Crippen LogP contribution >= 0.6 is 0 Å². The van der Waals surface area contributed by atoms with E-state index in [0.29, 0.717) is 25.3 Å². The Labute approximate surface area is 316 Å². The van der Waals surface area contributed by atoms with E-state index in [1.54, 1.807) is 20.8 Å². The summed E-state index contributed by atoms with van der Waals surface area (Å²) in [5.41, 5.74) is 0. The number of nitrogens with one attached hydrogen (secondary N) is 4. The van der Waals surface area contributed by atoms with Crippen molar-refractivity contribution < 1.29 is 28.8 Å². The Bertz CT molecular complexity index is 1040. The van der Waals surface area contributed by atoms with Crippen LogP contribution in [0.25, 0.3) is 0 Å². The van der Waals surface area contributed by atoms with Crippen molar-refractivity contribution in [2.45, 2.75) is 175 Å². The van der Waals surface area contributed by atoms with Crippen molar-refractivity contribution in [1.82, 2.24) is 31.1 Å². The first kappa shape index (κ1) is 49.0. The van der Waals surface area contributed by atoms with E-state index in [4.69, 9.17) is 0 Å². The smallest absolute Gasteiger partial charge is 0.245 e. The number of unbranched alkanes of at least 4 members (excludes halogenated alkanes) is 13. The average Bonchev–Trinajstić information content (AvgIpc) is 3.08. The van der Waals surface area contributed by atoms with Crippen LogP contribution in [-0.4, -0.2) is 104 Å². The molecule has 0 aromatic carbocycles. The van der Waals surface area contributed by atoms with E-state index in [1.165, 1.54) is 88.1 Å². The van der Waals surface area contributed by atoms with Gasteiger partial charge in [0.2, 0.25) is 29.5 Å². The fraction of sp³-hybridized carbons (Fsp3) is 0.850. The summed E-state index contributed by atoms with van der Waals surface area (Å²) in [5, 5.41) is 11.5. The number of Topliss-reactive ketones (excluding diaryl/α,β-unsaturated/α-hetero) is 1. The fourth-order valence-electron chi connectivity index (χ4n) is 5.97. The van der Waals surface area contributed by atoms with Gasteiger partial charge in [-0.15, -0.1) is 0 Å². The summed E-state index contributed by atoms with van der Waals surface area (Å²) in [7, 11) is 3.00. The maximum absolute atomic E-state index is 13.4. The summed E-state index contributed by atoms with van der Waals surface area (Å²) in [4.78, 5) is 78.7. The lowest BCUT2D eigenvalue weighted by Crippen LogP contribution is -2.52. The first-order chi connectivity index (χ1) is 24.7. The van der Waals surface area contributed by atoms with Crippen LogP contribution < -0.4 is 21.3 Å². The van der Waals surface area contributed by atoms with Crippen LogP contribution in [0.1, 0.15) is 157 Å². The first-order valence-corrected chi connectivity index (χ1v) is 20.3. The SMILES string of the molecule is CCCCCCCCCCCCCCCC(=O)NCCC(=O)N(C)CC(=O)N[C@@H](CCCCNC(C)C)C(=O)N(C)CC(=O)N[C@@H](C)C(=O)C(C)C. The zero-order valence-electron chi connectivity index (χ0n) is 34.2. The number of amides is 5. The van der Waals surface area contributed by atoms with Gasteiger partial charge in [-0.25, -0.2) is 0 Å². The third kappa shape index (κ3) is 25.9. The molecular formula is C40H76N6O6. The number of carbonyl (C=O) groups excluding carboxylic acids is 6. The summed E-state index contributed by atoms with van der Waals surface area (Å²) in [6.45, 7) is 11.9. The van der Waals surface area contributed by atoms with Crippen LogP contribution in [0.15, 0.2) is 0 Å². The van der Waals surface area contributed by atoms with Crippen LogP contribution in [0.3, 0.4) is 0 Å². The topological polar surface area (TPSA) is 157 Å². The lowest BCUT2D eigenvalue weighted by molar-refractivity contribution is -0.140. The molecule has 52 heavy (non-hydrogen) atoms. The van der Waals surface area contributed by atoms with Gasteiger partial charge in [0.25, 0.3) is 0 Å². The fourth-order valence-corrected chi connectivity index (χ4v) is 5.97. The molecule has 4 N–H and O–H groups in total. The minimum absolute atomic E-state index is 0.0644. The number of hydrogen-bond donors (Lipinski definition) is 4. The summed E-state index contributed by atoms with van der Waals surface area (Å²) < 4.78 is 0. The van der Waals surface area contributed by atoms with Crippen molar-refractivity contribution >= 4 is 35.3 Å². The Morgan fingerprint density at radius 3 is 1.62 bits per heavy atom. The molecule has 0 heterocycles. The third-order valence-corrected chi connectivity index (χ3v) is 9.21. The predicted molar refractivity (Wildman–Crippen MR) is 210 cm³/mol. The van der Waals surface area contributed by atoms with Crippen molar-refractivity contribution in [3.63, 3.8) is 0 Å². The Balaban J connectivity index is 4.60. The third-order valence-electron chi connectivity index (χ3n) is 9.21. The van der Waals surface area contributed by atoms with Gasteiger partial charge in [0.15, 0.2) is 5.78 Å². The number of ketones is 1. The van der Waals surface area contributed by atoms with Crippen molar-refractivity contribution in [2.75, 3.05) is 40.3 Å². The molecule has 0 aromatic heterocycles. The molecule has 0 bridgehead atoms. The van der Waals surface area contributed by atoms with Gasteiger partial charge in [-0.3, -0.25) is 28.8 Å². The molecule has 0 radical (unpaired) electrons. The molecule has 302 valence electrons. The average molecular weight is 737 g/mol.